The molecular formula is C22H28N2O4. The lowest BCUT2D eigenvalue weighted by Crippen LogP contribution is -2.21. The molecule has 2 amide bonds. The fourth-order valence-electron chi connectivity index (χ4n) is 2.55. The van der Waals surface area contributed by atoms with Crippen molar-refractivity contribution in [2.45, 2.75) is 19.8 Å². The van der Waals surface area contributed by atoms with Crippen LogP contribution in [0.3, 0.4) is 0 Å². The summed E-state index contributed by atoms with van der Waals surface area (Å²) in [6.45, 7) is 3.61. The van der Waals surface area contributed by atoms with E-state index in [0.29, 0.717) is 49.7 Å². The number of nitrogens with one attached hydrogen (secondary N) is 1. The van der Waals surface area contributed by atoms with Crippen LogP contribution in [0.4, 0.5) is 5.69 Å². The summed E-state index contributed by atoms with van der Waals surface area (Å²) in [7, 11) is 3.49. The van der Waals surface area contributed by atoms with Gasteiger partial charge in [0.2, 0.25) is 5.91 Å². The molecule has 2 rings (SSSR count). The number of anilines is 1. The number of rotatable bonds is 10. The summed E-state index contributed by atoms with van der Waals surface area (Å²) in [4.78, 5) is 25.8. The Morgan fingerprint density at radius 2 is 1.79 bits per heavy atom. The maximum atomic E-state index is 12.5. The summed E-state index contributed by atoms with van der Waals surface area (Å²) in [6, 6.07) is 14.5. The second kappa shape index (κ2) is 11.1. The number of carbonyl (C=O) groups is 2. The SMILES string of the molecule is CCOCCOc1ccc(C(=O)Nc2cccc(CCC(=O)N(C)C)c2)cc1. The summed E-state index contributed by atoms with van der Waals surface area (Å²) >= 11 is 0. The van der Waals surface area contributed by atoms with Crippen LogP contribution in [0.2, 0.25) is 0 Å². The van der Waals surface area contributed by atoms with Crippen LogP contribution in [-0.4, -0.2) is 50.6 Å². The van der Waals surface area contributed by atoms with Gasteiger partial charge in [-0.15, -0.1) is 0 Å². The van der Waals surface area contributed by atoms with Crippen molar-refractivity contribution in [3.63, 3.8) is 0 Å². The Balaban J connectivity index is 1.90. The van der Waals surface area contributed by atoms with E-state index in [0.717, 1.165) is 5.56 Å². The van der Waals surface area contributed by atoms with Crippen LogP contribution in [0.15, 0.2) is 48.5 Å². The minimum atomic E-state index is -0.192. The van der Waals surface area contributed by atoms with E-state index < -0.39 is 0 Å². The third kappa shape index (κ3) is 7.04. The molecule has 0 atom stereocenters. The van der Waals surface area contributed by atoms with E-state index in [1.54, 1.807) is 43.3 Å². The first-order valence-corrected chi connectivity index (χ1v) is 9.40. The van der Waals surface area contributed by atoms with Gasteiger partial charge in [0.25, 0.3) is 5.91 Å². The van der Waals surface area contributed by atoms with Gasteiger partial charge in [0.1, 0.15) is 12.4 Å². The molecule has 2 aromatic carbocycles. The molecule has 28 heavy (non-hydrogen) atoms. The van der Waals surface area contributed by atoms with Gasteiger partial charge in [0.05, 0.1) is 6.61 Å². The van der Waals surface area contributed by atoms with E-state index >= 15 is 0 Å². The fraction of sp³-hybridized carbons (Fsp3) is 0.364. The number of aryl methyl sites for hydroxylation is 1. The summed E-state index contributed by atoms with van der Waals surface area (Å²) < 4.78 is 10.8. The summed E-state index contributed by atoms with van der Waals surface area (Å²) in [5.41, 5.74) is 2.26. The molecule has 0 bridgehead atoms. The molecule has 0 heterocycles. The molecule has 0 saturated carbocycles. The van der Waals surface area contributed by atoms with Crippen molar-refractivity contribution in [1.82, 2.24) is 4.90 Å². The Bertz CT molecular complexity index is 772. The third-order valence-electron chi connectivity index (χ3n) is 4.13. The quantitative estimate of drug-likeness (QED) is 0.638. The van der Waals surface area contributed by atoms with Gasteiger partial charge >= 0.3 is 0 Å². The van der Waals surface area contributed by atoms with Crippen molar-refractivity contribution in [3.05, 3.63) is 59.7 Å². The monoisotopic (exact) mass is 384 g/mol. The van der Waals surface area contributed by atoms with Crippen molar-refractivity contribution in [2.75, 3.05) is 39.2 Å². The van der Waals surface area contributed by atoms with Crippen LogP contribution in [0.5, 0.6) is 5.75 Å². The topological polar surface area (TPSA) is 67.9 Å². The predicted molar refractivity (Wildman–Crippen MR) is 110 cm³/mol. The molecule has 6 heteroatoms. The maximum Gasteiger partial charge on any atom is 0.255 e. The molecule has 0 unspecified atom stereocenters. The van der Waals surface area contributed by atoms with Crippen molar-refractivity contribution in [3.8, 4) is 5.75 Å². The van der Waals surface area contributed by atoms with E-state index in [1.807, 2.05) is 31.2 Å². The van der Waals surface area contributed by atoms with Gasteiger partial charge in [-0.3, -0.25) is 9.59 Å². The smallest absolute Gasteiger partial charge is 0.255 e. The molecule has 0 aliphatic rings. The van der Waals surface area contributed by atoms with E-state index in [2.05, 4.69) is 5.32 Å². The number of hydrogen-bond acceptors (Lipinski definition) is 4. The predicted octanol–water partition coefficient (Wildman–Crippen LogP) is 3.38. The largest absolute Gasteiger partial charge is 0.491 e. The first-order valence-electron chi connectivity index (χ1n) is 9.40. The molecule has 0 fully saturated rings. The van der Waals surface area contributed by atoms with Crippen LogP contribution in [0.1, 0.15) is 29.3 Å². The highest BCUT2D eigenvalue weighted by atomic mass is 16.5. The highest BCUT2D eigenvalue weighted by molar-refractivity contribution is 6.04. The summed E-state index contributed by atoms with van der Waals surface area (Å²) in [5, 5.41) is 2.89. The van der Waals surface area contributed by atoms with Gasteiger partial charge in [-0.25, -0.2) is 0 Å². The van der Waals surface area contributed by atoms with E-state index in [1.165, 1.54) is 0 Å². The number of carbonyl (C=O) groups excluding carboxylic acids is 2. The fourth-order valence-corrected chi connectivity index (χ4v) is 2.55. The van der Waals surface area contributed by atoms with Crippen molar-refractivity contribution in [2.24, 2.45) is 0 Å². The molecule has 1 N–H and O–H groups in total. The highest BCUT2D eigenvalue weighted by Gasteiger charge is 2.08. The molecule has 0 aromatic heterocycles. The Morgan fingerprint density at radius 3 is 2.46 bits per heavy atom. The van der Waals surface area contributed by atoms with Gasteiger partial charge in [-0.2, -0.15) is 0 Å². The molecule has 0 aliphatic carbocycles. The molecule has 0 saturated heterocycles. The Labute approximate surface area is 166 Å². The molecule has 150 valence electrons. The third-order valence-corrected chi connectivity index (χ3v) is 4.13. The number of hydrogen-bond donors (Lipinski definition) is 1. The molecule has 0 spiro atoms. The number of benzene rings is 2. The van der Waals surface area contributed by atoms with Crippen LogP contribution in [0, 0.1) is 0 Å². The van der Waals surface area contributed by atoms with Crippen molar-refractivity contribution >= 4 is 17.5 Å². The molecule has 2 aromatic rings. The highest BCUT2D eigenvalue weighted by Crippen LogP contribution is 2.16. The Morgan fingerprint density at radius 1 is 1.04 bits per heavy atom. The Hall–Kier alpha value is -2.86. The van der Waals surface area contributed by atoms with Crippen molar-refractivity contribution in [1.29, 1.82) is 0 Å². The first kappa shape index (κ1) is 21.4. The standard InChI is InChI=1S/C22H28N2O4/c1-4-27-14-15-28-20-11-9-18(10-12-20)22(26)23-19-7-5-6-17(16-19)8-13-21(25)24(2)3/h5-7,9-12,16H,4,8,13-15H2,1-3H3,(H,23,26). The van der Waals surface area contributed by atoms with Gasteiger partial charge in [-0.05, 0) is 55.3 Å². The average Bonchev–Trinajstić information content (AvgIpc) is 2.70. The lowest BCUT2D eigenvalue weighted by atomic mass is 10.1. The van der Waals surface area contributed by atoms with E-state index in [9.17, 15) is 9.59 Å². The normalized spacial score (nSPS) is 10.4. The second-order valence-electron chi connectivity index (χ2n) is 6.51. The zero-order valence-corrected chi connectivity index (χ0v) is 16.7. The van der Waals surface area contributed by atoms with Crippen LogP contribution < -0.4 is 10.1 Å². The molecule has 0 aliphatic heterocycles. The van der Waals surface area contributed by atoms with Gasteiger partial charge in [0.15, 0.2) is 0 Å². The zero-order chi connectivity index (χ0) is 20.4. The zero-order valence-electron chi connectivity index (χ0n) is 16.7. The van der Waals surface area contributed by atoms with Crippen LogP contribution in [0.25, 0.3) is 0 Å². The van der Waals surface area contributed by atoms with Gasteiger partial charge in [-0.1, -0.05) is 12.1 Å². The number of ether oxygens (including phenoxy) is 2. The van der Waals surface area contributed by atoms with Crippen molar-refractivity contribution < 1.29 is 19.1 Å². The molecular weight excluding hydrogens is 356 g/mol. The van der Waals surface area contributed by atoms with Gasteiger partial charge < -0.3 is 19.7 Å². The summed E-state index contributed by atoms with van der Waals surface area (Å²) in [5.74, 6) is 0.587. The van der Waals surface area contributed by atoms with Crippen LogP contribution in [-0.2, 0) is 16.0 Å². The number of nitrogens with zero attached hydrogens (tertiary/aromatic N) is 1. The van der Waals surface area contributed by atoms with Gasteiger partial charge in [0, 0.05) is 38.4 Å². The Kier molecular flexibility index (Phi) is 8.49. The second-order valence-corrected chi connectivity index (χ2v) is 6.51. The minimum absolute atomic E-state index is 0.0815. The summed E-state index contributed by atoms with van der Waals surface area (Å²) in [6.07, 6.45) is 1.07. The minimum Gasteiger partial charge on any atom is -0.491 e. The number of amides is 2. The lowest BCUT2D eigenvalue weighted by molar-refractivity contribution is -0.128. The molecule has 0 radical (unpaired) electrons. The molecule has 6 nitrogen and oxygen atoms in total. The first-order chi connectivity index (χ1) is 13.5. The maximum absolute atomic E-state index is 12.5. The lowest BCUT2D eigenvalue weighted by Gasteiger charge is -2.11. The van der Waals surface area contributed by atoms with E-state index in [4.69, 9.17) is 9.47 Å². The van der Waals surface area contributed by atoms with Crippen LogP contribution >= 0.6 is 0 Å². The van der Waals surface area contributed by atoms with E-state index in [-0.39, 0.29) is 11.8 Å². The average molecular weight is 384 g/mol.